The maximum absolute atomic E-state index is 13.6. The third-order valence-corrected chi connectivity index (χ3v) is 7.05. The molecule has 0 spiro atoms. The van der Waals surface area contributed by atoms with Gasteiger partial charge in [-0.15, -0.1) is 0 Å². The van der Waals surface area contributed by atoms with Crippen molar-refractivity contribution in [3.05, 3.63) is 89.1 Å². The third kappa shape index (κ3) is 5.95. The molecule has 2 aliphatic heterocycles. The first-order valence-electron chi connectivity index (χ1n) is 13.2. The highest BCUT2D eigenvalue weighted by molar-refractivity contribution is 6.04. The van der Waals surface area contributed by atoms with E-state index in [0.717, 1.165) is 31.8 Å². The topological polar surface area (TPSA) is 70.9 Å². The van der Waals surface area contributed by atoms with Crippen LogP contribution in [0.25, 0.3) is 5.70 Å². The molecule has 2 aliphatic rings. The minimum absolute atomic E-state index is 0.0798. The standard InChI is InChI=1S/C29H30F3N5O3/c1-2-40-28(39)24-18-33-37-25(22-9-6-10-23(17-22)29(30,31)32)11-12-36(27(24)37)26(38)20-35-15-13-34(14-16-35)19-21-7-4-3-5-8-21/h3-11,17-18H,2,12-16,19-20H2,1H3. The summed E-state index contributed by atoms with van der Waals surface area (Å²) in [5.74, 6) is -0.689. The van der Waals surface area contributed by atoms with E-state index >= 15 is 0 Å². The number of amides is 1. The van der Waals surface area contributed by atoms with E-state index in [9.17, 15) is 22.8 Å². The minimum atomic E-state index is -4.51. The van der Waals surface area contributed by atoms with Crippen LogP contribution in [0.1, 0.15) is 34.0 Å². The van der Waals surface area contributed by atoms with Gasteiger partial charge >= 0.3 is 12.1 Å². The van der Waals surface area contributed by atoms with Crippen molar-refractivity contribution in [2.45, 2.75) is 19.6 Å². The fourth-order valence-electron chi connectivity index (χ4n) is 5.02. The van der Waals surface area contributed by atoms with Crippen LogP contribution in [0.3, 0.4) is 0 Å². The number of ether oxygens (including phenoxy) is 1. The van der Waals surface area contributed by atoms with Gasteiger partial charge in [-0.25, -0.2) is 9.48 Å². The molecule has 0 saturated carbocycles. The van der Waals surface area contributed by atoms with E-state index in [2.05, 4.69) is 27.0 Å². The molecular weight excluding hydrogens is 523 g/mol. The Hall–Kier alpha value is -3.96. The van der Waals surface area contributed by atoms with Gasteiger partial charge in [-0.3, -0.25) is 19.5 Å². The molecule has 0 bridgehead atoms. The molecule has 0 N–H and O–H groups in total. The van der Waals surface area contributed by atoms with Gasteiger partial charge in [0.2, 0.25) is 5.91 Å². The first-order valence-corrected chi connectivity index (χ1v) is 13.2. The SMILES string of the molecule is CCOC(=O)c1cnn2c1N(C(=O)CN1CCN(Cc3ccccc3)CC1)CC=C2c1cccc(C(F)(F)F)c1. The monoisotopic (exact) mass is 553 g/mol. The summed E-state index contributed by atoms with van der Waals surface area (Å²) >= 11 is 0. The van der Waals surface area contributed by atoms with E-state index in [1.165, 1.54) is 27.4 Å². The number of carbonyl (C=O) groups excluding carboxylic acids is 2. The van der Waals surface area contributed by atoms with Crippen molar-refractivity contribution in [2.75, 3.05) is 50.8 Å². The number of nitrogens with zero attached hydrogens (tertiary/aromatic N) is 5. The zero-order valence-electron chi connectivity index (χ0n) is 22.1. The quantitative estimate of drug-likeness (QED) is 0.410. The van der Waals surface area contributed by atoms with Crippen LogP contribution < -0.4 is 4.90 Å². The molecule has 5 rings (SSSR count). The van der Waals surface area contributed by atoms with Gasteiger partial charge in [0.05, 0.1) is 30.6 Å². The summed E-state index contributed by atoms with van der Waals surface area (Å²) in [5.41, 5.74) is 1.16. The van der Waals surface area contributed by atoms with E-state index in [1.54, 1.807) is 19.1 Å². The van der Waals surface area contributed by atoms with Gasteiger partial charge in [-0.1, -0.05) is 42.5 Å². The lowest BCUT2D eigenvalue weighted by molar-refractivity contribution is -0.137. The van der Waals surface area contributed by atoms with Crippen molar-refractivity contribution in [3.63, 3.8) is 0 Å². The van der Waals surface area contributed by atoms with Crippen LogP contribution in [0.5, 0.6) is 0 Å². The predicted octanol–water partition coefficient (Wildman–Crippen LogP) is 4.13. The molecule has 40 heavy (non-hydrogen) atoms. The smallest absolute Gasteiger partial charge is 0.416 e. The van der Waals surface area contributed by atoms with E-state index in [4.69, 9.17) is 4.74 Å². The molecule has 0 radical (unpaired) electrons. The minimum Gasteiger partial charge on any atom is -0.462 e. The molecule has 0 aliphatic carbocycles. The number of rotatable bonds is 7. The molecule has 1 amide bonds. The van der Waals surface area contributed by atoms with Gasteiger partial charge in [0, 0.05) is 44.8 Å². The average Bonchev–Trinajstić information content (AvgIpc) is 3.39. The molecule has 3 aromatic rings. The molecule has 3 heterocycles. The van der Waals surface area contributed by atoms with Gasteiger partial charge in [0.25, 0.3) is 0 Å². The maximum Gasteiger partial charge on any atom is 0.416 e. The van der Waals surface area contributed by atoms with E-state index in [1.807, 2.05) is 18.2 Å². The fraction of sp³-hybridized carbons (Fsp3) is 0.345. The second kappa shape index (κ2) is 11.6. The first kappa shape index (κ1) is 27.6. The molecule has 1 fully saturated rings. The van der Waals surface area contributed by atoms with Crippen LogP contribution >= 0.6 is 0 Å². The number of anilines is 1. The molecule has 0 unspecified atom stereocenters. The van der Waals surface area contributed by atoms with Gasteiger partial charge < -0.3 is 4.74 Å². The van der Waals surface area contributed by atoms with Crippen LogP contribution in [0.15, 0.2) is 66.9 Å². The van der Waals surface area contributed by atoms with Gasteiger partial charge in [0.1, 0.15) is 5.56 Å². The van der Waals surface area contributed by atoms with Crippen molar-refractivity contribution in [1.82, 2.24) is 19.6 Å². The summed E-state index contributed by atoms with van der Waals surface area (Å²) in [4.78, 5) is 32.2. The Balaban J connectivity index is 1.34. The number of fused-ring (bicyclic) bond motifs is 1. The van der Waals surface area contributed by atoms with Crippen molar-refractivity contribution in [3.8, 4) is 0 Å². The normalized spacial score (nSPS) is 16.4. The van der Waals surface area contributed by atoms with Crippen LogP contribution in [-0.4, -0.2) is 77.3 Å². The molecular formula is C29H30F3N5O3. The Kier molecular flexibility index (Phi) is 8.04. The Morgan fingerprint density at radius 3 is 2.40 bits per heavy atom. The lowest BCUT2D eigenvalue weighted by atomic mass is 10.1. The maximum atomic E-state index is 13.6. The fourth-order valence-corrected chi connectivity index (χ4v) is 5.02. The number of esters is 1. The predicted molar refractivity (Wildman–Crippen MR) is 144 cm³/mol. The lowest BCUT2D eigenvalue weighted by Gasteiger charge is -2.36. The summed E-state index contributed by atoms with van der Waals surface area (Å²) in [7, 11) is 0. The zero-order chi connectivity index (χ0) is 28.3. The number of aromatic nitrogens is 2. The summed E-state index contributed by atoms with van der Waals surface area (Å²) in [6.07, 6.45) is -1.57. The largest absolute Gasteiger partial charge is 0.462 e. The molecule has 8 nitrogen and oxygen atoms in total. The second-order valence-electron chi connectivity index (χ2n) is 9.72. The molecule has 1 aromatic heterocycles. The van der Waals surface area contributed by atoms with Gasteiger partial charge in [-0.05, 0) is 30.7 Å². The highest BCUT2D eigenvalue weighted by atomic mass is 19.4. The number of hydrogen-bond acceptors (Lipinski definition) is 6. The number of carbonyl (C=O) groups is 2. The number of alkyl halides is 3. The summed E-state index contributed by atoms with van der Waals surface area (Å²) in [6, 6.07) is 15.1. The third-order valence-electron chi connectivity index (χ3n) is 7.05. The Morgan fingerprint density at radius 2 is 1.70 bits per heavy atom. The number of hydrogen-bond donors (Lipinski definition) is 0. The zero-order valence-corrected chi connectivity index (χ0v) is 22.1. The lowest BCUT2D eigenvalue weighted by Crippen LogP contribution is -2.50. The molecule has 11 heteroatoms. The molecule has 2 aromatic carbocycles. The van der Waals surface area contributed by atoms with Crippen molar-refractivity contribution in [1.29, 1.82) is 0 Å². The van der Waals surface area contributed by atoms with Crippen LogP contribution in [0.2, 0.25) is 0 Å². The highest BCUT2D eigenvalue weighted by Gasteiger charge is 2.34. The average molecular weight is 554 g/mol. The van der Waals surface area contributed by atoms with Gasteiger partial charge in [-0.2, -0.15) is 18.3 Å². The molecule has 210 valence electrons. The summed E-state index contributed by atoms with van der Waals surface area (Å²) in [6.45, 7) is 5.91. The van der Waals surface area contributed by atoms with Crippen LogP contribution in [0.4, 0.5) is 19.0 Å². The second-order valence-corrected chi connectivity index (χ2v) is 9.72. The molecule has 0 atom stereocenters. The van der Waals surface area contributed by atoms with E-state index in [0.29, 0.717) is 18.8 Å². The van der Waals surface area contributed by atoms with E-state index in [-0.39, 0.29) is 42.5 Å². The van der Waals surface area contributed by atoms with Crippen molar-refractivity contribution in [2.24, 2.45) is 0 Å². The Bertz CT molecular complexity index is 1400. The number of piperazine rings is 1. The number of halogens is 3. The number of benzene rings is 2. The van der Waals surface area contributed by atoms with Crippen molar-refractivity contribution >= 4 is 23.4 Å². The Labute approximate surface area is 230 Å². The van der Waals surface area contributed by atoms with Crippen LogP contribution in [-0.2, 0) is 22.3 Å². The van der Waals surface area contributed by atoms with Crippen molar-refractivity contribution < 1.29 is 27.5 Å². The highest BCUT2D eigenvalue weighted by Crippen LogP contribution is 2.35. The Morgan fingerprint density at radius 1 is 0.975 bits per heavy atom. The van der Waals surface area contributed by atoms with E-state index < -0.39 is 17.7 Å². The summed E-state index contributed by atoms with van der Waals surface area (Å²) in [5, 5.41) is 4.29. The first-order chi connectivity index (χ1) is 19.2. The summed E-state index contributed by atoms with van der Waals surface area (Å²) < 4.78 is 46.7. The molecule has 1 saturated heterocycles. The van der Waals surface area contributed by atoms with Gasteiger partial charge in [0.15, 0.2) is 5.82 Å². The van der Waals surface area contributed by atoms with Crippen LogP contribution in [0, 0.1) is 0 Å².